The lowest BCUT2D eigenvalue weighted by Crippen LogP contribution is -2.34. The van der Waals surface area contributed by atoms with Gasteiger partial charge in [-0.05, 0) is 19.4 Å². The van der Waals surface area contributed by atoms with Crippen molar-refractivity contribution in [3.8, 4) is 0 Å². The van der Waals surface area contributed by atoms with Gasteiger partial charge in [-0.3, -0.25) is 4.79 Å². The van der Waals surface area contributed by atoms with Crippen LogP contribution in [-0.2, 0) is 11.8 Å². The molecule has 2 rings (SSSR count). The standard InChI is InChI=1S/C15H20N4OS/c1-4-19(5-2)14(20)13(12-9-7-6-8-10-12)21-15-17-16-11-18(15)3/h6-11,13H,4-5H2,1-3H3. The molecule has 0 saturated carbocycles. The van der Waals surface area contributed by atoms with Crippen molar-refractivity contribution >= 4 is 17.7 Å². The fourth-order valence-electron chi connectivity index (χ4n) is 2.07. The molecule has 21 heavy (non-hydrogen) atoms. The monoisotopic (exact) mass is 304 g/mol. The molecule has 1 aromatic heterocycles. The molecule has 0 bridgehead atoms. The van der Waals surface area contributed by atoms with Crippen molar-refractivity contribution in [2.24, 2.45) is 7.05 Å². The van der Waals surface area contributed by atoms with Crippen LogP contribution < -0.4 is 0 Å². The van der Waals surface area contributed by atoms with Crippen LogP contribution in [0.2, 0.25) is 0 Å². The number of carbonyl (C=O) groups is 1. The molecule has 0 radical (unpaired) electrons. The van der Waals surface area contributed by atoms with Gasteiger partial charge in [-0.15, -0.1) is 10.2 Å². The molecule has 0 N–H and O–H groups in total. The third-order valence-corrected chi connectivity index (χ3v) is 4.58. The second kappa shape index (κ2) is 7.26. The summed E-state index contributed by atoms with van der Waals surface area (Å²) in [5.74, 6) is 0.110. The van der Waals surface area contributed by atoms with Crippen molar-refractivity contribution in [2.45, 2.75) is 24.3 Å². The first-order chi connectivity index (χ1) is 10.2. The van der Waals surface area contributed by atoms with Crippen LogP contribution in [0.1, 0.15) is 24.7 Å². The number of amides is 1. The number of hydrogen-bond donors (Lipinski definition) is 0. The van der Waals surface area contributed by atoms with Gasteiger partial charge in [0, 0.05) is 20.1 Å². The summed E-state index contributed by atoms with van der Waals surface area (Å²) in [5.41, 5.74) is 0.988. The van der Waals surface area contributed by atoms with E-state index in [0.29, 0.717) is 13.1 Å². The smallest absolute Gasteiger partial charge is 0.240 e. The molecule has 1 atom stereocenters. The molecule has 1 amide bonds. The number of aryl methyl sites for hydroxylation is 1. The Balaban J connectivity index is 2.31. The molecule has 112 valence electrons. The molecule has 0 saturated heterocycles. The first-order valence-corrected chi connectivity index (χ1v) is 7.89. The van der Waals surface area contributed by atoms with E-state index in [9.17, 15) is 4.79 Å². The number of hydrogen-bond acceptors (Lipinski definition) is 4. The largest absolute Gasteiger partial charge is 0.342 e. The normalized spacial score (nSPS) is 12.1. The van der Waals surface area contributed by atoms with E-state index in [4.69, 9.17) is 0 Å². The van der Waals surface area contributed by atoms with Gasteiger partial charge in [-0.2, -0.15) is 0 Å². The zero-order chi connectivity index (χ0) is 15.2. The van der Waals surface area contributed by atoms with E-state index < -0.39 is 0 Å². The Labute approximate surface area is 129 Å². The van der Waals surface area contributed by atoms with Gasteiger partial charge in [0.15, 0.2) is 5.16 Å². The third-order valence-electron chi connectivity index (χ3n) is 3.29. The maximum atomic E-state index is 12.8. The minimum absolute atomic E-state index is 0.110. The van der Waals surface area contributed by atoms with Gasteiger partial charge in [0.05, 0.1) is 0 Å². The summed E-state index contributed by atoms with van der Waals surface area (Å²) in [6, 6.07) is 9.82. The van der Waals surface area contributed by atoms with Crippen LogP contribution in [0.5, 0.6) is 0 Å². The van der Waals surface area contributed by atoms with Crippen LogP contribution in [0.15, 0.2) is 41.8 Å². The lowest BCUT2D eigenvalue weighted by atomic mass is 10.1. The summed E-state index contributed by atoms with van der Waals surface area (Å²) in [6.07, 6.45) is 1.65. The van der Waals surface area contributed by atoms with Gasteiger partial charge >= 0.3 is 0 Å². The maximum Gasteiger partial charge on any atom is 0.240 e. The van der Waals surface area contributed by atoms with Crippen LogP contribution in [0.4, 0.5) is 0 Å². The van der Waals surface area contributed by atoms with Crippen LogP contribution in [0.3, 0.4) is 0 Å². The molecule has 1 unspecified atom stereocenters. The second-order valence-electron chi connectivity index (χ2n) is 4.64. The van der Waals surface area contributed by atoms with Gasteiger partial charge in [0.2, 0.25) is 5.91 Å². The summed E-state index contributed by atoms with van der Waals surface area (Å²) >= 11 is 1.44. The SMILES string of the molecule is CCN(CC)C(=O)C(Sc1nncn1C)c1ccccc1. The highest BCUT2D eigenvalue weighted by Crippen LogP contribution is 2.35. The van der Waals surface area contributed by atoms with Gasteiger partial charge in [0.1, 0.15) is 11.6 Å². The van der Waals surface area contributed by atoms with Gasteiger partial charge in [0.25, 0.3) is 0 Å². The lowest BCUT2D eigenvalue weighted by Gasteiger charge is -2.24. The summed E-state index contributed by atoms with van der Waals surface area (Å²) in [4.78, 5) is 14.6. The van der Waals surface area contributed by atoms with Crippen LogP contribution in [0, 0.1) is 0 Å². The molecular weight excluding hydrogens is 284 g/mol. The van der Waals surface area contributed by atoms with Crippen molar-refractivity contribution in [1.82, 2.24) is 19.7 Å². The lowest BCUT2D eigenvalue weighted by molar-refractivity contribution is -0.130. The molecule has 1 aromatic carbocycles. The van der Waals surface area contributed by atoms with Crippen molar-refractivity contribution < 1.29 is 4.79 Å². The zero-order valence-electron chi connectivity index (χ0n) is 12.6. The minimum Gasteiger partial charge on any atom is -0.342 e. The molecule has 0 spiro atoms. The molecule has 5 nitrogen and oxygen atoms in total. The fourth-order valence-corrected chi connectivity index (χ4v) is 3.14. The Morgan fingerprint density at radius 3 is 2.48 bits per heavy atom. The number of benzene rings is 1. The number of carbonyl (C=O) groups excluding carboxylic acids is 1. The van der Waals surface area contributed by atoms with E-state index in [2.05, 4.69) is 10.2 Å². The maximum absolute atomic E-state index is 12.8. The van der Waals surface area contributed by atoms with E-state index in [1.807, 2.05) is 60.7 Å². The average molecular weight is 304 g/mol. The minimum atomic E-state index is -0.297. The van der Waals surface area contributed by atoms with Crippen LogP contribution >= 0.6 is 11.8 Å². The van der Waals surface area contributed by atoms with Crippen molar-refractivity contribution in [3.05, 3.63) is 42.2 Å². The average Bonchev–Trinajstić information content (AvgIpc) is 2.92. The third kappa shape index (κ3) is 3.64. The molecule has 0 aliphatic heterocycles. The highest BCUT2D eigenvalue weighted by Gasteiger charge is 2.27. The van der Waals surface area contributed by atoms with Crippen molar-refractivity contribution in [3.63, 3.8) is 0 Å². The van der Waals surface area contributed by atoms with E-state index in [0.717, 1.165) is 10.7 Å². The predicted octanol–water partition coefficient (Wildman–Crippen LogP) is 2.52. The molecule has 1 heterocycles. The first kappa shape index (κ1) is 15.6. The molecule has 6 heteroatoms. The fraction of sp³-hybridized carbons (Fsp3) is 0.400. The Hall–Kier alpha value is -1.82. The molecule has 0 aliphatic rings. The van der Waals surface area contributed by atoms with Crippen molar-refractivity contribution in [2.75, 3.05) is 13.1 Å². The summed E-state index contributed by atoms with van der Waals surface area (Å²) < 4.78 is 1.83. The first-order valence-electron chi connectivity index (χ1n) is 7.01. The zero-order valence-corrected chi connectivity index (χ0v) is 13.4. The Kier molecular flexibility index (Phi) is 5.38. The highest BCUT2D eigenvalue weighted by atomic mass is 32.2. The van der Waals surface area contributed by atoms with E-state index in [1.54, 1.807) is 6.33 Å². The number of nitrogens with zero attached hydrogens (tertiary/aromatic N) is 4. The number of rotatable bonds is 6. The summed E-state index contributed by atoms with van der Waals surface area (Å²) in [7, 11) is 1.88. The topological polar surface area (TPSA) is 51.0 Å². The van der Waals surface area contributed by atoms with Gasteiger partial charge in [-0.25, -0.2) is 0 Å². The summed E-state index contributed by atoms with van der Waals surface area (Å²) in [5, 5.41) is 8.40. The van der Waals surface area contributed by atoms with Crippen molar-refractivity contribution in [1.29, 1.82) is 0 Å². The number of thioether (sulfide) groups is 1. The quantitative estimate of drug-likeness (QED) is 0.770. The van der Waals surface area contributed by atoms with Gasteiger partial charge in [-0.1, -0.05) is 42.1 Å². The van der Waals surface area contributed by atoms with E-state index in [1.165, 1.54) is 11.8 Å². The Morgan fingerprint density at radius 2 is 1.95 bits per heavy atom. The molecular formula is C15H20N4OS. The Morgan fingerprint density at radius 1 is 1.29 bits per heavy atom. The molecule has 2 aromatic rings. The molecule has 0 aliphatic carbocycles. The number of likely N-dealkylation sites (N-methyl/N-ethyl adjacent to an activating group) is 1. The molecule has 0 fully saturated rings. The number of aromatic nitrogens is 3. The van der Waals surface area contributed by atoms with Crippen LogP contribution in [-0.4, -0.2) is 38.7 Å². The van der Waals surface area contributed by atoms with E-state index in [-0.39, 0.29) is 11.2 Å². The second-order valence-corrected chi connectivity index (χ2v) is 5.72. The Bertz CT molecular complexity index is 580. The highest BCUT2D eigenvalue weighted by molar-refractivity contribution is 8.00. The van der Waals surface area contributed by atoms with E-state index >= 15 is 0 Å². The van der Waals surface area contributed by atoms with Crippen LogP contribution in [0.25, 0.3) is 0 Å². The summed E-state index contributed by atoms with van der Waals surface area (Å²) in [6.45, 7) is 5.41. The predicted molar refractivity (Wildman–Crippen MR) is 84.0 cm³/mol. The van der Waals surface area contributed by atoms with Gasteiger partial charge < -0.3 is 9.47 Å².